The van der Waals surface area contributed by atoms with Crippen LogP contribution in [0.5, 0.6) is 0 Å². The fourth-order valence-electron chi connectivity index (χ4n) is 3.48. The zero-order valence-corrected chi connectivity index (χ0v) is 13.5. The molecule has 1 aromatic carbocycles. The molecule has 1 aliphatic heterocycles. The molecule has 1 spiro atoms. The molecule has 2 fully saturated rings. The zero-order chi connectivity index (χ0) is 15.6. The minimum Gasteiger partial charge on any atom is -0.349 e. The van der Waals surface area contributed by atoms with Crippen LogP contribution in [0.15, 0.2) is 18.2 Å². The molecule has 0 radical (unpaired) electrons. The van der Waals surface area contributed by atoms with E-state index in [1.165, 1.54) is 19.3 Å². The van der Waals surface area contributed by atoms with Crippen LogP contribution in [-0.2, 0) is 9.47 Å². The summed E-state index contributed by atoms with van der Waals surface area (Å²) in [6.07, 6.45) is 5.53. The summed E-state index contributed by atoms with van der Waals surface area (Å²) >= 11 is 0. The summed E-state index contributed by atoms with van der Waals surface area (Å²) in [5.41, 5.74) is 2.92. The molecule has 4 heteroatoms. The topological polar surface area (TPSA) is 47.6 Å². The fourth-order valence-corrected chi connectivity index (χ4v) is 3.48. The first-order valence-electron chi connectivity index (χ1n) is 8.25. The molecule has 1 N–H and O–H groups in total. The Morgan fingerprint density at radius 2 is 1.86 bits per heavy atom. The average Bonchev–Trinajstić information content (AvgIpc) is 2.87. The van der Waals surface area contributed by atoms with Gasteiger partial charge >= 0.3 is 0 Å². The molecule has 22 heavy (non-hydrogen) atoms. The van der Waals surface area contributed by atoms with E-state index < -0.39 is 0 Å². The minimum atomic E-state index is -0.367. The lowest BCUT2D eigenvalue weighted by Gasteiger charge is -2.31. The molecule has 120 valence electrons. The molecule has 1 atom stereocenters. The van der Waals surface area contributed by atoms with Gasteiger partial charge in [0.2, 0.25) is 0 Å². The van der Waals surface area contributed by atoms with Gasteiger partial charge in [-0.05, 0) is 38.8 Å². The Morgan fingerprint density at radius 3 is 2.55 bits per heavy atom. The predicted molar refractivity (Wildman–Crippen MR) is 84.9 cm³/mol. The number of hydrogen-bond donors (Lipinski definition) is 1. The Kier molecular flexibility index (Phi) is 4.50. The number of ether oxygens (including phenoxy) is 2. The van der Waals surface area contributed by atoms with Crippen LogP contribution in [0.4, 0.5) is 0 Å². The Morgan fingerprint density at radius 1 is 1.18 bits per heavy atom. The molecule has 1 saturated heterocycles. The lowest BCUT2D eigenvalue weighted by Crippen LogP contribution is -2.37. The minimum absolute atomic E-state index is 0.0343. The van der Waals surface area contributed by atoms with E-state index in [1.807, 2.05) is 26.0 Å². The van der Waals surface area contributed by atoms with Crippen molar-refractivity contribution in [2.45, 2.75) is 57.8 Å². The molecule has 1 heterocycles. The van der Waals surface area contributed by atoms with Crippen LogP contribution in [-0.4, -0.2) is 30.9 Å². The maximum Gasteiger partial charge on any atom is 0.251 e. The number of benzene rings is 1. The highest BCUT2D eigenvalue weighted by Crippen LogP contribution is 2.37. The van der Waals surface area contributed by atoms with Gasteiger partial charge in [-0.15, -0.1) is 0 Å². The van der Waals surface area contributed by atoms with Gasteiger partial charge in [0.1, 0.15) is 6.10 Å². The van der Waals surface area contributed by atoms with Gasteiger partial charge in [-0.2, -0.15) is 0 Å². The molecule has 1 saturated carbocycles. The van der Waals surface area contributed by atoms with Gasteiger partial charge in [0, 0.05) is 24.9 Å². The normalized spacial score (nSPS) is 23.6. The molecule has 0 bridgehead atoms. The summed E-state index contributed by atoms with van der Waals surface area (Å²) in [4.78, 5) is 12.3. The quantitative estimate of drug-likeness (QED) is 0.933. The monoisotopic (exact) mass is 303 g/mol. The largest absolute Gasteiger partial charge is 0.349 e. The van der Waals surface area contributed by atoms with Crippen LogP contribution in [0.25, 0.3) is 0 Å². The fraction of sp³-hybridized carbons (Fsp3) is 0.611. The van der Waals surface area contributed by atoms with Crippen molar-refractivity contribution < 1.29 is 14.3 Å². The Bertz CT molecular complexity index is 529. The highest BCUT2D eigenvalue weighted by Gasteiger charge is 2.42. The molecule has 1 amide bonds. The standard InChI is InChI=1S/C18H25NO3/c1-13-8-14(2)10-15(9-13)17(20)19-11-16-12-21-18(22-16)6-4-3-5-7-18/h8-10,16H,3-7,11-12H2,1-2H3,(H,19,20). The maximum atomic E-state index is 12.3. The van der Waals surface area contributed by atoms with Crippen molar-refractivity contribution in [1.29, 1.82) is 0 Å². The first-order valence-corrected chi connectivity index (χ1v) is 8.25. The number of rotatable bonds is 3. The summed E-state index contributed by atoms with van der Waals surface area (Å²) in [7, 11) is 0. The molecule has 2 aliphatic rings. The molecule has 4 nitrogen and oxygen atoms in total. The Labute approximate surface area is 132 Å². The molecular weight excluding hydrogens is 278 g/mol. The molecule has 1 aliphatic carbocycles. The third-order valence-corrected chi connectivity index (χ3v) is 4.50. The van der Waals surface area contributed by atoms with E-state index in [4.69, 9.17) is 9.47 Å². The van der Waals surface area contributed by atoms with Crippen molar-refractivity contribution in [2.24, 2.45) is 0 Å². The lowest BCUT2D eigenvalue weighted by molar-refractivity contribution is -0.186. The van der Waals surface area contributed by atoms with Gasteiger partial charge < -0.3 is 14.8 Å². The number of nitrogens with one attached hydrogen (secondary N) is 1. The van der Waals surface area contributed by atoms with Crippen molar-refractivity contribution >= 4 is 5.91 Å². The van der Waals surface area contributed by atoms with Gasteiger partial charge in [0.15, 0.2) is 5.79 Å². The predicted octanol–water partition coefficient (Wildman–Crippen LogP) is 3.11. The highest BCUT2D eigenvalue weighted by molar-refractivity contribution is 5.94. The Balaban J connectivity index is 1.53. The summed E-state index contributed by atoms with van der Waals surface area (Å²) < 4.78 is 12.0. The second-order valence-electron chi connectivity index (χ2n) is 6.61. The smallest absolute Gasteiger partial charge is 0.251 e. The van der Waals surface area contributed by atoms with E-state index in [0.717, 1.165) is 24.0 Å². The van der Waals surface area contributed by atoms with Gasteiger partial charge in [-0.25, -0.2) is 0 Å². The number of carbonyl (C=O) groups excluding carboxylic acids is 1. The third-order valence-electron chi connectivity index (χ3n) is 4.50. The van der Waals surface area contributed by atoms with Gasteiger partial charge in [-0.3, -0.25) is 4.79 Å². The molecule has 0 aromatic heterocycles. The first-order chi connectivity index (χ1) is 10.6. The molecule has 3 rings (SSSR count). The van der Waals surface area contributed by atoms with Crippen LogP contribution in [0.1, 0.15) is 53.6 Å². The summed E-state index contributed by atoms with van der Waals surface area (Å²) in [5.74, 6) is -0.409. The average molecular weight is 303 g/mol. The van der Waals surface area contributed by atoms with E-state index in [-0.39, 0.29) is 17.8 Å². The third kappa shape index (κ3) is 3.50. The molecule has 1 unspecified atom stereocenters. The van der Waals surface area contributed by atoms with Crippen LogP contribution >= 0.6 is 0 Å². The van der Waals surface area contributed by atoms with Gasteiger partial charge in [0.05, 0.1) is 6.61 Å². The Hall–Kier alpha value is -1.39. The number of hydrogen-bond acceptors (Lipinski definition) is 3. The van der Waals surface area contributed by atoms with E-state index in [2.05, 4.69) is 11.4 Å². The lowest BCUT2D eigenvalue weighted by atomic mass is 9.94. The van der Waals surface area contributed by atoms with E-state index in [0.29, 0.717) is 18.7 Å². The molecule has 1 aromatic rings. The summed E-state index contributed by atoms with van der Waals surface area (Å²) in [6.45, 7) is 5.09. The zero-order valence-electron chi connectivity index (χ0n) is 13.5. The number of aryl methyl sites for hydroxylation is 2. The SMILES string of the molecule is Cc1cc(C)cc(C(=O)NCC2COC3(CCCCC3)O2)c1. The van der Waals surface area contributed by atoms with Crippen LogP contribution < -0.4 is 5.32 Å². The van der Waals surface area contributed by atoms with Gasteiger partial charge in [-0.1, -0.05) is 23.6 Å². The van der Waals surface area contributed by atoms with E-state index >= 15 is 0 Å². The van der Waals surface area contributed by atoms with Crippen molar-refractivity contribution in [3.05, 3.63) is 34.9 Å². The second kappa shape index (κ2) is 6.39. The van der Waals surface area contributed by atoms with E-state index in [9.17, 15) is 4.79 Å². The maximum absolute atomic E-state index is 12.3. The number of amides is 1. The number of carbonyl (C=O) groups is 1. The molecular formula is C18H25NO3. The first kappa shape index (κ1) is 15.5. The highest BCUT2D eigenvalue weighted by atomic mass is 16.7. The van der Waals surface area contributed by atoms with Crippen LogP contribution in [0.3, 0.4) is 0 Å². The van der Waals surface area contributed by atoms with Crippen molar-refractivity contribution in [3.63, 3.8) is 0 Å². The second-order valence-corrected chi connectivity index (χ2v) is 6.61. The van der Waals surface area contributed by atoms with Crippen molar-refractivity contribution in [1.82, 2.24) is 5.32 Å². The van der Waals surface area contributed by atoms with Crippen molar-refractivity contribution in [3.8, 4) is 0 Å². The van der Waals surface area contributed by atoms with Crippen LogP contribution in [0, 0.1) is 13.8 Å². The summed E-state index contributed by atoms with van der Waals surface area (Å²) in [5, 5.41) is 2.97. The van der Waals surface area contributed by atoms with Crippen molar-refractivity contribution in [2.75, 3.05) is 13.2 Å². The summed E-state index contributed by atoms with van der Waals surface area (Å²) in [6, 6.07) is 5.89. The van der Waals surface area contributed by atoms with E-state index in [1.54, 1.807) is 0 Å². The van der Waals surface area contributed by atoms with Gasteiger partial charge in [0.25, 0.3) is 5.91 Å². The van der Waals surface area contributed by atoms with Crippen LogP contribution in [0.2, 0.25) is 0 Å².